The van der Waals surface area contributed by atoms with Crippen molar-refractivity contribution in [2.75, 3.05) is 7.11 Å². The Morgan fingerprint density at radius 2 is 1.94 bits per heavy atom. The van der Waals surface area contributed by atoms with Crippen molar-refractivity contribution < 1.29 is 14.3 Å². The van der Waals surface area contributed by atoms with Gasteiger partial charge < -0.3 is 9.47 Å². The first-order valence-electron chi connectivity index (χ1n) is 5.71. The van der Waals surface area contributed by atoms with Gasteiger partial charge in [0.05, 0.1) is 7.11 Å². The summed E-state index contributed by atoms with van der Waals surface area (Å²) in [5.41, 5.74) is 1.92. The molecule has 1 aliphatic heterocycles. The van der Waals surface area contributed by atoms with E-state index in [1.165, 1.54) is 7.11 Å². The fourth-order valence-electron chi connectivity index (χ4n) is 2.38. The molecule has 3 heteroatoms. The smallest absolute Gasteiger partial charge is 0.341 e. The molecule has 17 heavy (non-hydrogen) atoms. The lowest BCUT2D eigenvalue weighted by Crippen LogP contribution is -2.29. The molecular formula is C14H18O3. The summed E-state index contributed by atoms with van der Waals surface area (Å²) in [6, 6.07) is 6.18. The van der Waals surface area contributed by atoms with Crippen LogP contribution in [0.25, 0.3) is 0 Å². The van der Waals surface area contributed by atoms with Gasteiger partial charge in [-0.05, 0) is 38.8 Å². The van der Waals surface area contributed by atoms with E-state index in [1.54, 1.807) is 6.92 Å². The van der Waals surface area contributed by atoms with Crippen molar-refractivity contribution in [1.29, 1.82) is 0 Å². The maximum atomic E-state index is 11.7. The molecule has 1 heterocycles. The molecule has 0 aliphatic carbocycles. The molecule has 1 aromatic rings. The van der Waals surface area contributed by atoms with Crippen LogP contribution < -0.4 is 0 Å². The predicted molar refractivity (Wildman–Crippen MR) is 64.8 cm³/mol. The molecule has 0 saturated carbocycles. The van der Waals surface area contributed by atoms with E-state index in [4.69, 9.17) is 9.47 Å². The van der Waals surface area contributed by atoms with Crippen molar-refractivity contribution >= 4 is 5.97 Å². The molecule has 0 amide bonds. The van der Waals surface area contributed by atoms with E-state index in [1.807, 2.05) is 20.8 Å². The van der Waals surface area contributed by atoms with Crippen LogP contribution in [0.3, 0.4) is 0 Å². The number of carbonyl (C=O) groups excluding carboxylic acids is 1. The molecule has 0 N–H and O–H groups in total. The van der Waals surface area contributed by atoms with E-state index in [-0.39, 0.29) is 5.97 Å². The first-order chi connectivity index (χ1) is 7.85. The summed E-state index contributed by atoms with van der Waals surface area (Å²) < 4.78 is 10.5. The highest BCUT2D eigenvalue weighted by molar-refractivity contribution is 5.84. The van der Waals surface area contributed by atoms with Crippen molar-refractivity contribution in [2.45, 2.75) is 38.9 Å². The average molecular weight is 234 g/mol. The van der Waals surface area contributed by atoms with Crippen LogP contribution in [0.4, 0.5) is 0 Å². The third-order valence-electron chi connectivity index (χ3n) is 3.76. The van der Waals surface area contributed by atoms with Crippen LogP contribution in [0.1, 0.15) is 30.5 Å². The van der Waals surface area contributed by atoms with Crippen LogP contribution in [0.2, 0.25) is 0 Å². The maximum Gasteiger partial charge on any atom is 0.341 e. The first-order valence-corrected chi connectivity index (χ1v) is 5.71. The van der Waals surface area contributed by atoms with Gasteiger partial charge in [0.1, 0.15) is 5.60 Å². The molecule has 0 aromatic heterocycles. The van der Waals surface area contributed by atoms with Gasteiger partial charge in [0, 0.05) is 0 Å². The zero-order chi connectivity index (χ0) is 12.8. The molecular weight excluding hydrogens is 216 g/mol. The van der Waals surface area contributed by atoms with Gasteiger partial charge in [-0.1, -0.05) is 23.8 Å². The van der Waals surface area contributed by atoms with E-state index in [0.717, 1.165) is 16.7 Å². The summed E-state index contributed by atoms with van der Waals surface area (Å²) in [6.45, 7) is 7.77. The highest BCUT2D eigenvalue weighted by Gasteiger charge is 2.70. The number of hydrogen-bond acceptors (Lipinski definition) is 3. The Hall–Kier alpha value is -1.35. The maximum absolute atomic E-state index is 11.7. The van der Waals surface area contributed by atoms with Gasteiger partial charge in [-0.15, -0.1) is 0 Å². The second-order valence-corrected chi connectivity index (χ2v) is 4.98. The lowest BCUT2D eigenvalue weighted by molar-refractivity contribution is -0.146. The average Bonchev–Trinajstić information content (AvgIpc) is 2.86. The van der Waals surface area contributed by atoms with Crippen LogP contribution in [0, 0.1) is 13.8 Å². The standard InChI is InChI=1S/C14H18O3/c1-9-6-7-10(2)11(8-9)13(3)14(4,17-13)12(15)16-5/h6-8H,1-5H3. The van der Waals surface area contributed by atoms with E-state index >= 15 is 0 Å². The third-order valence-corrected chi connectivity index (χ3v) is 3.76. The number of methoxy groups -OCH3 is 1. The zero-order valence-electron chi connectivity index (χ0n) is 11.0. The zero-order valence-corrected chi connectivity index (χ0v) is 11.0. The van der Waals surface area contributed by atoms with Crippen molar-refractivity contribution in [3.63, 3.8) is 0 Å². The van der Waals surface area contributed by atoms with Gasteiger partial charge >= 0.3 is 5.97 Å². The highest BCUT2D eigenvalue weighted by atomic mass is 16.7. The predicted octanol–water partition coefficient (Wildman–Crippen LogP) is 2.48. The van der Waals surface area contributed by atoms with E-state index in [2.05, 4.69) is 18.2 Å². The van der Waals surface area contributed by atoms with E-state index < -0.39 is 11.2 Å². The molecule has 2 atom stereocenters. The van der Waals surface area contributed by atoms with Crippen LogP contribution >= 0.6 is 0 Å². The number of hydrogen-bond donors (Lipinski definition) is 0. The SMILES string of the molecule is COC(=O)C1(C)OC1(C)c1cc(C)ccc1C. The Labute approximate surface area is 102 Å². The number of carbonyl (C=O) groups is 1. The molecule has 1 aromatic carbocycles. The Bertz CT molecular complexity index is 480. The number of rotatable bonds is 2. The second-order valence-electron chi connectivity index (χ2n) is 4.98. The lowest BCUT2D eigenvalue weighted by atomic mass is 9.85. The van der Waals surface area contributed by atoms with E-state index in [0.29, 0.717) is 0 Å². The van der Waals surface area contributed by atoms with Gasteiger partial charge in [-0.3, -0.25) is 0 Å². The van der Waals surface area contributed by atoms with Crippen molar-refractivity contribution in [3.05, 3.63) is 34.9 Å². The Morgan fingerprint density at radius 3 is 2.53 bits per heavy atom. The largest absolute Gasteiger partial charge is 0.467 e. The topological polar surface area (TPSA) is 38.8 Å². The molecule has 1 fully saturated rings. The second kappa shape index (κ2) is 3.57. The van der Waals surface area contributed by atoms with Crippen molar-refractivity contribution in [1.82, 2.24) is 0 Å². The molecule has 0 spiro atoms. The summed E-state index contributed by atoms with van der Waals surface area (Å²) >= 11 is 0. The van der Waals surface area contributed by atoms with E-state index in [9.17, 15) is 4.79 Å². The summed E-state index contributed by atoms with van der Waals surface area (Å²) in [5, 5.41) is 0. The van der Waals surface area contributed by atoms with Crippen molar-refractivity contribution in [3.8, 4) is 0 Å². The third kappa shape index (κ3) is 1.57. The summed E-state index contributed by atoms with van der Waals surface area (Å²) in [5.74, 6) is -0.319. The Kier molecular flexibility index (Phi) is 2.54. The molecule has 3 nitrogen and oxygen atoms in total. The molecule has 2 unspecified atom stereocenters. The van der Waals surface area contributed by atoms with Crippen LogP contribution in [0.5, 0.6) is 0 Å². The minimum atomic E-state index is -0.861. The number of esters is 1. The number of aryl methyl sites for hydroxylation is 2. The Morgan fingerprint density at radius 1 is 1.29 bits per heavy atom. The number of epoxide rings is 1. The van der Waals surface area contributed by atoms with Gasteiger partial charge in [0.15, 0.2) is 5.60 Å². The van der Waals surface area contributed by atoms with Crippen LogP contribution in [-0.2, 0) is 19.9 Å². The van der Waals surface area contributed by atoms with Crippen LogP contribution in [0.15, 0.2) is 18.2 Å². The summed E-state index contributed by atoms with van der Waals surface area (Å²) in [7, 11) is 1.39. The first kappa shape index (κ1) is 12.1. The molecule has 1 aliphatic rings. The number of benzene rings is 1. The molecule has 2 rings (SSSR count). The van der Waals surface area contributed by atoms with Gasteiger partial charge in [0.25, 0.3) is 0 Å². The van der Waals surface area contributed by atoms with Crippen LogP contribution in [-0.4, -0.2) is 18.7 Å². The molecule has 1 saturated heterocycles. The Balaban J connectivity index is 2.43. The number of ether oxygens (including phenoxy) is 2. The fourth-order valence-corrected chi connectivity index (χ4v) is 2.38. The highest BCUT2D eigenvalue weighted by Crippen LogP contribution is 2.56. The summed E-state index contributed by atoms with van der Waals surface area (Å²) in [6.07, 6.45) is 0. The lowest BCUT2D eigenvalue weighted by Gasteiger charge is -2.14. The minimum absolute atomic E-state index is 0.319. The quantitative estimate of drug-likeness (QED) is 0.583. The summed E-state index contributed by atoms with van der Waals surface area (Å²) in [4.78, 5) is 11.7. The molecule has 0 bridgehead atoms. The van der Waals surface area contributed by atoms with Gasteiger partial charge in [0.2, 0.25) is 0 Å². The minimum Gasteiger partial charge on any atom is -0.467 e. The normalized spacial score (nSPS) is 31.1. The molecule has 92 valence electrons. The monoisotopic (exact) mass is 234 g/mol. The van der Waals surface area contributed by atoms with Gasteiger partial charge in [-0.25, -0.2) is 4.79 Å². The molecule has 0 radical (unpaired) electrons. The van der Waals surface area contributed by atoms with Crippen molar-refractivity contribution in [2.24, 2.45) is 0 Å². The van der Waals surface area contributed by atoms with Gasteiger partial charge in [-0.2, -0.15) is 0 Å². The fraction of sp³-hybridized carbons (Fsp3) is 0.500.